The molecule has 1 aliphatic rings. The maximum atomic E-state index is 3.62. The molecule has 18 heavy (non-hydrogen) atoms. The van der Waals surface area contributed by atoms with E-state index in [4.69, 9.17) is 0 Å². The minimum atomic E-state index is 0.531. The van der Waals surface area contributed by atoms with Crippen LogP contribution in [0.1, 0.15) is 60.3 Å². The second-order valence-electron chi connectivity index (χ2n) is 6.62. The number of hydrogen-bond donors (Lipinski definition) is 1. The molecule has 0 amide bonds. The van der Waals surface area contributed by atoms with Crippen LogP contribution in [-0.2, 0) is 0 Å². The van der Waals surface area contributed by atoms with E-state index in [0.717, 1.165) is 12.5 Å². The van der Waals surface area contributed by atoms with Gasteiger partial charge in [0.15, 0.2) is 0 Å². The summed E-state index contributed by atoms with van der Waals surface area (Å²) in [6.45, 7) is 16.4. The van der Waals surface area contributed by atoms with Crippen LogP contribution in [0.25, 0.3) is 0 Å². The van der Waals surface area contributed by atoms with E-state index in [9.17, 15) is 0 Å². The lowest BCUT2D eigenvalue weighted by Crippen LogP contribution is -2.48. The van der Waals surface area contributed by atoms with Gasteiger partial charge >= 0.3 is 0 Å². The first-order chi connectivity index (χ1) is 8.53. The summed E-state index contributed by atoms with van der Waals surface area (Å²) in [7, 11) is 0. The van der Waals surface area contributed by atoms with Gasteiger partial charge in [0.1, 0.15) is 0 Å². The first-order valence-electron chi connectivity index (χ1n) is 7.97. The van der Waals surface area contributed by atoms with Gasteiger partial charge < -0.3 is 10.2 Å². The fourth-order valence-electron chi connectivity index (χ4n) is 3.25. The summed E-state index contributed by atoms with van der Waals surface area (Å²) in [6.07, 6.45) is 5.65. The highest BCUT2D eigenvalue weighted by Crippen LogP contribution is 2.39. The second-order valence-corrected chi connectivity index (χ2v) is 6.62. The van der Waals surface area contributed by atoms with Crippen LogP contribution in [0.4, 0.5) is 0 Å². The van der Waals surface area contributed by atoms with Crippen molar-refractivity contribution in [2.45, 2.75) is 66.3 Å². The Bertz CT molecular complexity index is 212. The number of nitrogens with zero attached hydrogens (tertiary/aromatic N) is 1. The quantitative estimate of drug-likeness (QED) is 0.748. The summed E-state index contributed by atoms with van der Waals surface area (Å²) in [5.41, 5.74) is 0.531. The van der Waals surface area contributed by atoms with E-state index >= 15 is 0 Å². The monoisotopic (exact) mass is 254 g/mol. The van der Waals surface area contributed by atoms with Crippen LogP contribution in [0, 0.1) is 11.3 Å². The van der Waals surface area contributed by atoms with Crippen molar-refractivity contribution in [2.24, 2.45) is 11.3 Å². The molecule has 2 nitrogen and oxygen atoms in total. The maximum Gasteiger partial charge on any atom is 0.00527 e. The third kappa shape index (κ3) is 4.55. The van der Waals surface area contributed by atoms with E-state index in [2.05, 4.69) is 44.8 Å². The molecule has 0 aromatic rings. The zero-order valence-corrected chi connectivity index (χ0v) is 13.3. The summed E-state index contributed by atoms with van der Waals surface area (Å²) in [5, 5.41) is 3.62. The Labute approximate surface area is 115 Å². The SMILES string of the molecule is CCNCC1(CN(CC)C(C)C)CCC(C)CC1. The highest BCUT2D eigenvalue weighted by atomic mass is 15.2. The standard InChI is InChI=1S/C16H34N2/c1-6-17-12-16(10-8-15(5)9-11-16)13-18(7-2)14(3)4/h14-15,17H,6-13H2,1-5H3. The molecular formula is C16H34N2. The van der Waals surface area contributed by atoms with Crippen LogP contribution in [0.5, 0.6) is 0 Å². The first-order valence-corrected chi connectivity index (χ1v) is 7.97. The van der Waals surface area contributed by atoms with Gasteiger partial charge in [-0.3, -0.25) is 0 Å². The van der Waals surface area contributed by atoms with E-state index in [-0.39, 0.29) is 0 Å². The molecule has 0 aromatic heterocycles. The highest BCUT2D eigenvalue weighted by molar-refractivity contribution is 4.89. The molecule has 1 rings (SSSR count). The van der Waals surface area contributed by atoms with Gasteiger partial charge in [0.2, 0.25) is 0 Å². The Morgan fingerprint density at radius 2 is 1.83 bits per heavy atom. The zero-order chi connectivity index (χ0) is 13.6. The molecule has 1 fully saturated rings. The van der Waals surface area contributed by atoms with Gasteiger partial charge in [-0.15, -0.1) is 0 Å². The van der Waals surface area contributed by atoms with Gasteiger partial charge in [0, 0.05) is 19.1 Å². The lowest BCUT2D eigenvalue weighted by molar-refractivity contribution is 0.0741. The zero-order valence-electron chi connectivity index (χ0n) is 13.3. The first kappa shape index (κ1) is 16.0. The van der Waals surface area contributed by atoms with Crippen LogP contribution in [-0.4, -0.2) is 37.1 Å². The summed E-state index contributed by atoms with van der Waals surface area (Å²) in [6, 6.07) is 0.674. The van der Waals surface area contributed by atoms with E-state index < -0.39 is 0 Å². The highest BCUT2D eigenvalue weighted by Gasteiger charge is 2.35. The third-order valence-corrected chi connectivity index (χ3v) is 4.76. The number of nitrogens with one attached hydrogen (secondary N) is 1. The largest absolute Gasteiger partial charge is 0.316 e. The van der Waals surface area contributed by atoms with Crippen molar-refractivity contribution in [1.29, 1.82) is 0 Å². The molecule has 0 heterocycles. The van der Waals surface area contributed by atoms with Crippen molar-refractivity contribution in [3.05, 3.63) is 0 Å². The van der Waals surface area contributed by atoms with Gasteiger partial charge in [0.25, 0.3) is 0 Å². The van der Waals surface area contributed by atoms with Crippen molar-refractivity contribution in [2.75, 3.05) is 26.2 Å². The van der Waals surface area contributed by atoms with Gasteiger partial charge in [-0.05, 0) is 51.1 Å². The molecule has 0 aromatic carbocycles. The minimum absolute atomic E-state index is 0.531. The Morgan fingerprint density at radius 3 is 2.28 bits per heavy atom. The van der Waals surface area contributed by atoms with Gasteiger partial charge in [-0.25, -0.2) is 0 Å². The maximum absolute atomic E-state index is 3.62. The molecule has 2 heteroatoms. The van der Waals surface area contributed by atoms with Gasteiger partial charge in [0.05, 0.1) is 0 Å². The summed E-state index contributed by atoms with van der Waals surface area (Å²) in [4.78, 5) is 2.65. The van der Waals surface area contributed by atoms with Crippen LogP contribution in [0.2, 0.25) is 0 Å². The van der Waals surface area contributed by atoms with Crippen LogP contribution < -0.4 is 5.32 Å². The molecule has 0 unspecified atom stereocenters. The Hall–Kier alpha value is -0.0800. The fourth-order valence-corrected chi connectivity index (χ4v) is 3.25. The molecule has 0 atom stereocenters. The molecule has 0 spiro atoms. The van der Waals surface area contributed by atoms with Gasteiger partial charge in [-0.1, -0.05) is 33.6 Å². The van der Waals surface area contributed by atoms with Gasteiger partial charge in [-0.2, -0.15) is 0 Å². The Kier molecular flexibility index (Phi) is 6.65. The average Bonchev–Trinajstić information content (AvgIpc) is 2.36. The lowest BCUT2D eigenvalue weighted by Gasteiger charge is -2.44. The predicted molar refractivity (Wildman–Crippen MR) is 81.0 cm³/mol. The smallest absolute Gasteiger partial charge is 0.00527 e. The molecule has 0 radical (unpaired) electrons. The molecular weight excluding hydrogens is 220 g/mol. The van der Waals surface area contributed by atoms with Crippen LogP contribution in [0.15, 0.2) is 0 Å². The van der Waals surface area contributed by atoms with Crippen LogP contribution >= 0.6 is 0 Å². The lowest BCUT2D eigenvalue weighted by atomic mass is 9.70. The predicted octanol–water partition coefficient (Wildman–Crippen LogP) is 3.52. The van der Waals surface area contributed by atoms with E-state index in [0.29, 0.717) is 11.5 Å². The van der Waals surface area contributed by atoms with Crippen LogP contribution in [0.3, 0.4) is 0 Å². The average molecular weight is 254 g/mol. The molecule has 0 bridgehead atoms. The van der Waals surface area contributed by atoms with Crippen molar-refractivity contribution in [3.63, 3.8) is 0 Å². The topological polar surface area (TPSA) is 15.3 Å². The van der Waals surface area contributed by atoms with Crippen molar-refractivity contribution in [3.8, 4) is 0 Å². The van der Waals surface area contributed by atoms with Crippen molar-refractivity contribution in [1.82, 2.24) is 10.2 Å². The van der Waals surface area contributed by atoms with E-state index in [1.54, 1.807) is 0 Å². The molecule has 1 aliphatic carbocycles. The van der Waals surface area contributed by atoms with Crippen molar-refractivity contribution < 1.29 is 0 Å². The van der Waals surface area contributed by atoms with E-state index in [1.807, 2.05) is 0 Å². The molecule has 0 saturated heterocycles. The summed E-state index contributed by atoms with van der Waals surface area (Å²) >= 11 is 0. The number of rotatable bonds is 7. The second kappa shape index (κ2) is 7.49. The molecule has 0 aliphatic heterocycles. The summed E-state index contributed by atoms with van der Waals surface area (Å²) in [5.74, 6) is 0.939. The number of hydrogen-bond acceptors (Lipinski definition) is 2. The minimum Gasteiger partial charge on any atom is -0.316 e. The summed E-state index contributed by atoms with van der Waals surface area (Å²) < 4.78 is 0. The van der Waals surface area contributed by atoms with Crippen molar-refractivity contribution >= 4 is 0 Å². The third-order valence-electron chi connectivity index (χ3n) is 4.76. The Balaban J connectivity index is 2.64. The normalized spacial score (nSPS) is 29.2. The fraction of sp³-hybridized carbons (Fsp3) is 1.00. The molecule has 1 saturated carbocycles. The van der Waals surface area contributed by atoms with E-state index in [1.165, 1.54) is 45.3 Å². The molecule has 108 valence electrons. The Morgan fingerprint density at radius 1 is 1.22 bits per heavy atom. The molecule has 1 N–H and O–H groups in total.